The first-order chi connectivity index (χ1) is 15.9. The molecule has 1 amide bonds. The lowest BCUT2D eigenvalue weighted by atomic mass is 9.91. The number of methoxy groups -OCH3 is 1. The number of ether oxygens (including phenoxy) is 1. The van der Waals surface area contributed by atoms with E-state index in [9.17, 15) is 9.90 Å². The van der Waals surface area contributed by atoms with Crippen LogP contribution in [0, 0.1) is 0 Å². The third kappa shape index (κ3) is 4.64. The van der Waals surface area contributed by atoms with Gasteiger partial charge in [-0.25, -0.2) is 0 Å². The van der Waals surface area contributed by atoms with Crippen LogP contribution >= 0.6 is 11.8 Å². The summed E-state index contributed by atoms with van der Waals surface area (Å²) in [5, 5.41) is 11.0. The normalized spacial score (nSPS) is 16.1. The van der Waals surface area contributed by atoms with Crippen molar-refractivity contribution in [2.45, 2.75) is 37.2 Å². The zero-order chi connectivity index (χ0) is 23.5. The molecule has 1 atom stereocenters. The van der Waals surface area contributed by atoms with E-state index in [4.69, 9.17) is 4.74 Å². The van der Waals surface area contributed by atoms with Gasteiger partial charge in [-0.15, -0.1) is 11.8 Å². The first kappa shape index (κ1) is 23.0. The summed E-state index contributed by atoms with van der Waals surface area (Å²) in [7, 11) is 1.62. The van der Waals surface area contributed by atoms with E-state index in [1.54, 1.807) is 23.8 Å². The molecule has 1 aliphatic heterocycles. The molecule has 0 spiro atoms. The summed E-state index contributed by atoms with van der Waals surface area (Å²) in [4.78, 5) is 16.2. The van der Waals surface area contributed by atoms with Crippen molar-refractivity contribution < 1.29 is 14.6 Å². The van der Waals surface area contributed by atoms with Crippen LogP contribution in [0.15, 0.2) is 83.5 Å². The fourth-order valence-corrected chi connectivity index (χ4v) is 4.63. The average molecular weight is 460 g/mol. The summed E-state index contributed by atoms with van der Waals surface area (Å²) in [6, 6.07) is 23.7. The smallest absolute Gasteiger partial charge is 0.290 e. The number of carbonyl (C=O) groups is 1. The van der Waals surface area contributed by atoms with E-state index < -0.39 is 0 Å². The molecule has 0 saturated carbocycles. The molecule has 0 radical (unpaired) electrons. The van der Waals surface area contributed by atoms with Crippen molar-refractivity contribution in [1.29, 1.82) is 0 Å². The minimum atomic E-state index is -0.382. The minimum Gasteiger partial charge on any atom is -0.503 e. The average Bonchev–Trinajstić information content (AvgIpc) is 3.09. The highest BCUT2D eigenvalue weighted by atomic mass is 32.2. The number of hydrogen-bond acceptors (Lipinski definition) is 4. The standard InChI is InChI=1S/C28H29NO3S/c1-18(2)20-7-9-22(10-8-20)26-25(21-11-13-23(32-3)14-12-21)27(30)28(31)29(26)17-19-5-15-24(33-4)16-6-19/h5-16,18,26,30H,17H2,1-4H3/t26-/m0/s1. The molecule has 33 heavy (non-hydrogen) atoms. The SMILES string of the molecule is COc1ccc(C2=C(O)C(=O)N(Cc3ccc(SC)cc3)[C@H]2c2ccc(C(C)C)cc2)cc1. The van der Waals surface area contributed by atoms with Crippen LogP contribution in [0.2, 0.25) is 0 Å². The third-order valence-corrected chi connectivity index (χ3v) is 6.88. The molecule has 5 heteroatoms. The lowest BCUT2D eigenvalue weighted by molar-refractivity contribution is -0.130. The summed E-state index contributed by atoms with van der Waals surface area (Å²) in [6.07, 6.45) is 2.04. The number of aliphatic hydroxyl groups is 1. The van der Waals surface area contributed by atoms with Crippen LogP contribution in [-0.2, 0) is 11.3 Å². The van der Waals surface area contributed by atoms with E-state index >= 15 is 0 Å². The van der Waals surface area contributed by atoms with Gasteiger partial charge in [0.25, 0.3) is 5.91 Å². The molecule has 1 N–H and O–H groups in total. The predicted octanol–water partition coefficient (Wildman–Crippen LogP) is 6.59. The van der Waals surface area contributed by atoms with Gasteiger partial charge < -0.3 is 14.7 Å². The Labute approximate surface area is 199 Å². The first-order valence-corrected chi connectivity index (χ1v) is 12.3. The molecule has 170 valence electrons. The van der Waals surface area contributed by atoms with E-state index in [0.29, 0.717) is 18.0 Å². The van der Waals surface area contributed by atoms with Gasteiger partial charge in [0.15, 0.2) is 5.76 Å². The Bertz CT molecular complexity index is 1150. The highest BCUT2D eigenvalue weighted by Gasteiger charge is 2.41. The number of nitrogens with zero attached hydrogens (tertiary/aromatic N) is 1. The number of benzene rings is 3. The summed E-state index contributed by atoms with van der Waals surface area (Å²) in [6.45, 7) is 4.73. The van der Waals surface area contributed by atoms with E-state index in [2.05, 4.69) is 50.2 Å². The Hall–Kier alpha value is -3.18. The van der Waals surface area contributed by atoms with Crippen LogP contribution in [0.25, 0.3) is 5.57 Å². The molecule has 0 aromatic heterocycles. The third-order valence-electron chi connectivity index (χ3n) is 6.14. The van der Waals surface area contributed by atoms with Crippen molar-refractivity contribution in [2.75, 3.05) is 13.4 Å². The van der Waals surface area contributed by atoms with Crippen molar-refractivity contribution in [3.8, 4) is 5.75 Å². The molecular weight excluding hydrogens is 430 g/mol. The number of amides is 1. The second-order valence-electron chi connectivity index (χ2n) is 8.50. The summed E-state index contributed by atoms with van der Waals surface area (Å²) >= 11 is 1.68. The molecule has 0 aliphatic carbocycles. The largest absolute Gasteiger partial charge is 0.503 e. The molecule has 0 unspecified atom stereocenters. The summed E-state index contributed by atoms with van der Waals surface area (Å²) in [5.74, 6) is 0.596. The topological polar surface area (TPSA) is 49.8 Å². The van der Waals surface area contributed by atoms with Gasteiger partial charge in [-0.3, -0.25) is 4.79 Å². The molecule has 1 heterocycles. The van der Waals surface area contributed by atoms with Crippen LogP contribution in [-0.4, -0.2) is 29.3 Å². The molecule has 4 nitrogen and oxygen atoms in total. The Balaban J connectivity index is 1.76. The Morgan fingerprint density at radius 1 is 0.970 bits per heavy atom. The second kappa shape index (κ2) is 9.75. The van der Waals surface area contributed by atoms with Crippen LogP contribution in [0.5, 0.6) is 5.75 Å². The molecular formula is C28H29NO3S. The highest BCUT2D eigenvalue weighted by molar-refractivity contribution is 7.98. The highest BCUT2D eigenvalue weighted by Crippen LogP contribution is 2.44. The van der Waals surface area contributed by atoms with Gasteiger partial charge in [0, 0.05) is 17.0 Å². The van der Waals surface area contributed by atoms with Gasteiger partial charge in [-0.1, -0.05) is 62.4 Å². The maximum atomic E-state index is 13.3. The zero-order valence-electron chi connectivity index (χ0n) is 19.4. The van der Waals surface area contributed by atoms with Crippen molar-refractivity contribution in [1.82, 2.24) is 4.90 Å². The van der Waals surface area contributed by atoms with Crippen molar-refractivity contribution >= 4 is 23.2 Å². The molecule has 0 saturated heterocycles. The Morgan fingerprint density at radius 2 is 1.61 bits per heavy atom. The maximum absolute atomic E-state index is 13.3. The van der Waals surface area contributed by atoms with Gasteiger partial charge in [-0.05, 0) is 58.7 Å². The van der Waals surface area contributed by atoms with Gasteiger partial charge in [0.1, 0.15) is 5.75 Å². The number of thioether (sulfide) groups is 1. The summed E-state index contributed by atoms with van der Waals surface area (Å²) < 4.78 is 5.29. The maximum Gasteiger partial charge on any atom is 0.290 e. The van der Waals surface area contributed by atoms with Crippen LogP contribution in [0.3, 0.4) is 0 Å². The van der Waals surface area contributed by atoms with Crippen LogP contribution in [0.4, 0.5) is 0 Å². The van der Waals surface area contributed by atoms with Crippen LogP contribution in [0.1, 0.15) is 48.1 Å². The predicted molar refractivity (Wildman–Crippen MR) is 135 cm³/mol. The first-order valence-electron chi connectivity index (χ1n) is 11.0. The van der Waals surface area contributed by atoms with Gasteiger partial charge in [0.2, 0.25) is 0 Å². The van der Waals surface area contributed by atoms with Gasteiger partial charge in [0.05, 0.1) is 13.2 Å². The van der Waals surface area contributed by atoms with Crippen molar-refractivity contribution in [2.24, 2.45) is 0 Å². The van der Waals surface area contributed by atoms with E-state index in [0.717, 1.165) is 22.4 Å². The molecule has 0 fully saturated rings. The molecule has 1 aliphatic rings. The molecule has 0 bridgehead atoms. The Morgan fingerprint density at radius 3 is 2.15 bits per heavy atom. The Kier molecular flexibility index (Phi) is 6.80. The quantitative estimate of drug-likeness (QED) is 0.405. The lowest BCUT2D eigenvalue weighted by Gasteiger charge is -2.28. The van der Waals surface area contributed by atoms with Crippen LogP contribution < -0.4 is 4.74 Å². The monoisotopic (exact) mass is 459 g/mol. The van der Waals surface area contributed by atoms with Gasteiger partial charge >= 0.3 is 0 Å². The minimum absolute atomic E-state index is 0.196. The molecule has 3 aromatic rings. The van der Waals surface area contributed by atoms with Gasteiger partial charge in [-0.2, -0.15) is 0 Å². The molecule has 4 rings (SSSR count). The zero-order valence-corrected chi connectivity index (χ0v) is 20.2. The van der Waals surface area contributed by atoms with Crippen molar-refractivity contribution in [3.63, 3.8) is 0 Å². The number of rotatable bonds is 7. The fourth-order valence-electron chi connectivity index (χ4n) is 4.22. The number of aliphatic hydroxyl groups excluding tert-OH is 1. The second-order valence-corrected chi connectivity index (χ2v) is 9.38. The fraction of sp³-hybridized carbons (Fsp3) is 0.250. The van der Waals surface area contributed by atoms with Crippen molar-refractivity contribution in [3.05, 3.63) is 101 Å². The van der Waals surface area contributed by atoms with E-state index in [1.165, 1.54) is 10.5 Å². The number of hydrogen-bond donors (Lipinski definition) is 1. The lowest BCUT2D eigenvalue weighted by Crippen LogP contribution is -2.29. The molecule has 3 aromatic carbocycles. The number of carbonyl (C=O) groups excluding carboxylic acids is 1. The van der Waals surface area contributed by atoms with E-state index in [-0.39, 0.29) is 17.7 Å². The van der Waals surface area contributed by atoms with E-state index in [1.807, 2.05) is 42.7 Å². The summed E-state index contributed by atoms with van der Waals surface area (Å²) in [5.41, 5.74) is 4.67.